The highest BCUT2D eigenvalue weighted by atomic mass is 16.2. The minimum atomic E-state index is 0.0292. The van der Waals surface area contributed by atoms with Gasteiger partial charge in [-0.05, 0) is 13.3 Å². The third kappa shape index (κ3) is 6.20. The molecule has 0 saturated carbocycles. The lowest BCUT2D eigenvalue weighted by molar-refractivity contribution is -0.123. The second kappa shape index (κ2) is 6.52. The van der Waals surface area contributed by atoms with Gasteiger partial charge in [0.25, 0.3) is 0 Å². The Morgan fingerprint density at radius 1 is 1.46 bits per heavy atom. The van der Waals surface area contributed by atoms with E-state index in [1.54, 1.807) is 25.1 Å². The van der Waals surface area contributed by atoms with Crippen molar-refractivity contribution in [3.05, 3.63) is 11.8 Å². The van der Waals surface area contributed by atoms with Crippen molar-refractivity contribution in [1.29, 1.82) is 0 Å². The van der Waals surface area contributed by atoms with Crippen LogP contribution in [-0.4, -0.2) is 31.4 Å². The van der Waals surface area contributed by atoms with Crippen LogP contribution >= 0.6 is 0 Å². The molecule has 76 valence electrons. The Kier molecular flexibility index (Phi) is 6.02. The van der Waals surface area contributed by atoms with Crippen molar-refractivity contribution in [3.63, 3.8) is 0 Å². The fourth-order valence-electron chi connectivity index (χ4n) is 0.828. The molecule has 0 fully saturated rings. The largest absolute Gasteiger partial charge is 0.388 e. The summed E-state index contributed by atoms with van der Waals surface area (Å²) in [6.45, 7) is 5.00. The quantitative estimate of drug-likeness (QED) is 0.517. The molecular weight excluding hydrogens is 164 g/mol. The van der Waals surface area contributed by atoms with E-state index in [9.17, 15) is 4.79 Å². The van der Waals surface area contributed by atoms with E-state index < -0.39 is 0 Å². The van der Waals surface area contributed by atoms with E-state index in [1.807, 2.05) is 6.92 Å². The van der Waals surface area contributed by atoms with Gasteiger partial charge in [-0.3, -0.25) is 4.79 Å². The van der Waals surface area contributed by atoms with Crippen LogP contribution in [0.3, 0.4) is 0 Å². The van der Waals surface area contributed by atoms with E-state index in [0.29, 0.717) is 0 Å². The van der Waals surface area contributed by atoms with Crippen molar-refractivity contribution in [3.8, 4) is 0 Å². The van der Waals surface area contributed by atoms with E-state index in [2.05, 4.69) is 12.2 Å². The second-order valence-electron chi connectivity index (χ2n) is 3.34. The molecule has 0 atom stereocenters. The molecule has 0 aromatic heterocycles. The molecule has 0 aliphatic carbocycles. The van der Waals surface area contributed by atoms with Crippen molar-refractivity contribution < 1.29 is 4.79 Å². The standard InChI is InChI=1S/C10H20N2O/c1-5-6-7-11-9(2)8-10(13)12(3)4/h8,11H,5-7H2,1-4H3/b9-8-. The first kappa shape index (κ1) is 12.0. The first-order valence-electron chi connectivity index (χ1n) is 4.71. The van der Waals surface area contributed by atoms with Gasteiger partial charge in [-0.25, -0.2) is 0 Å². The van der Waals surface area contributed by atoms with Crippen LogP contribution in [0.2, 0.25) is 0 Å². The summed E-state index contributed by atoms with van der Waals surface area (Å²) in [6.07, 6.45) is 3.93. The summed E-state index contributed by atoms with van der Waals surface area (Å²) >= 11 is 0. The van der Waals surface area contributed by atoms with E-state index in [-0.39, 0.29) is 5.91 Å². The number of hydrogen-bond donors (Lipinski definition) is 1. The molecule has 0 aromatic carbocycles. The van der Waals surface area contributed by atoms with Gasteiger partial charge in [-0.1, -0.05) is 13.3 Å². The van der Waals surface area contributed by atoms with Gasteiger partial charge in [0.2, 0.25) is 5.91 Å². The van der Waals surface area contributed by atoms with Crippen molar-refractivity contribution >= 4 is 5.91 Å². The molecule has 0 spiro atoms. The SMILES string of the molecule is CCCCN/C(C)=C\C(=O)N(C)C. The maximum absolute atomic E-state index is 11.2. The summed E-state index contributed by atoms with van der Waals surface area (Å²) in [7, 11) is 3.50. The Morgan fingerprint density at radius 3 is 2.54 bits per heavy atom. The van der Waals surface area contributed by atoms with E-state index in [4.69, 9.17) is 0 Å². The number of likely N-dealkylation sites (N-methyl/N-ethyl adjacent to an activating group) is 1. The molecule has 1 N–H and O–H groups in total. The zero-order valence-corrected chi connectivity index (χ0v) is 9.05. The van der Waals surface area contributed by atoms with Crippen molar-refractivity contribution in [2.75, 3.05) is 20.6 Å². The third-order valence-electron chi connectivity index (χ3n) is 1.71. The molecule has 0 unspecified atom stereocenters. The van der Waals surface area contributed by atoms with Gasteiger partial charge < -0.3 is 10.2 Å². The molecule has 0 aliphatic heterocycles. The fourth-order valence-corrected chi connectivity index (χ4v) is 0.828. The Morgan fingerprint density at radius 2 is 2.08 bits per heavy atom. The summed E-state index contributed by atoms with van der Waals surface area (Å²) in [5.74, 6) is 0.0292. The highest BCUT2D eigenvalue weighted by Crippen LogP contribution is 1.91. The van der Waals surface area contributed by atoms with E-state index >= 15 is 0 Å². The van der Waals surface area contributed by atoms with Crippen LogP contribution in [0.4, 0.5) is 0 Å². The van der Waals surface area contributed by atoms with Gasteiger partial charge >= 0.3 is 0 Å². The van der Waals surface area contributed by atoms with E-state index in [0.717, 1.165) is 18.7 Å². The van der Waals surface area contributed by atoms with Crippen LogP contribution in [0.15, 0.2) is 11.8 Å². The van der Waals surface area contributed by atoms with Gasteiger partial charge in [0.1, 0.15) is 0 Å². The minimum Gasteiger partial charge on any atom is -0.388 e. The predicted molar refractivity (Wildman–Crippen MR) is 55.4 cm³/mol. The normalized spacial score (nSPS) is 11.2. The smallest absolute Gasteiger partial charge is 0.247 e. The third-order valence-corrected chi connectivity index (χ3v) is 1.71. The number of allylic oxidation sites excluding steroid dienone is 1. The number of amides is 1. The first-order chi connectivity index (χ1) is 6.07. The maximum Gasteiger partial charge on any atom is 0.247 e. The van der Waals surface area contributed by atoms with Gasteiger partial charge in [0.05, 0.1) is 0 Å². The van der Waals surface area contributed by atoms with Crippen LogP contribution in [0.5, 0.6) is 0 Å². The van der Waals surface area contributed by atoms with Crippen molar-refractivity contribution in [2.45, 2.75) is 26.7 Å². The average Bonchev–Trinajstić information content (AvgIpc) is 2.04. The van der Waals surface area contributed by atoms with Crippen LogP contribution in [0, 0.1) is 0 Å². The number of carbonyl (C=O) groups is 1. The van der Waals surface area contributed by atoms with Gasteiger partial charge in [0, 0.05) is 32.4 Å². The predicted octanol–water partition coefficient (Wildman–Crippen LogP) is 1.37. The van der Waals surface area contributed by atoms with Gasteiger partial charge in [-0.2, -0.15) is 0 Å². The van der Waals surface area contributed by atoms with Crippen molar-refractivity contribution in [1.82, 2.24) is 10.2 Å². The molecule has 0 aliphatic rings. The Bertz CT molecular complexity index is 185. The molecule has 0 saturated heterocycles. The summed E-state index contributed by atoms with van der Waals surface area (Å²) in [6, 6.07) is 0. The number of rotatable bonds is 5. The average molecular weight is 184 g/mol. The molecule has 0 bridgehead atoms. The Hall–Kier alpha value is -0.990. The summed E-state index contributed by atoms with van der Waals surface area (Å²) in [4.78, 5) is 12.8. The van der Waals surface area contributed by atoms with Crippen LogP contribution in [0.1, 0.15) is 26.7 Å². The number of carbonyl (C=O) groups excluding carboxylic acids is 1. The molecular formula is C10H20N2O. The lowest BCUT2D eigenvalue weighted by Crippen LogP contribution is -2.22. The Labute approximate surface area is 80.8 Å². The first-order valence-corrected chi connectivity index (χ1v) is 4.71. The summed E-state index contributed by atoms with van der Waals surface area (Å²) < 4.78 is 0. The number of nitrogens with zero attached hydrogens (tertiary/aromatic N) is 1. The topological polar surface area (TPSA) is 32.3 Å². The molecule has 3 heteroatoms. The van der Waals surface area contributed by atoms with E-state index in [1.165, 1.54) is 6.42 Å². The van der Waals surface area contributed by atoms with Gasteiger partial charge in [0.15, 0.2) is 0 Å². The highest BCUT2D eigenvalue weighted by molar-refractivity contribution is 5.87. The zero-order valence-electron chi connectivity index (χ0n) is 9.05. The monoisotopic (exact) mass is 184 g/mol. The molecule has 3 nitrogen and oxygen atoms in total. The molecule has 0 rings (SSSR count). The second-order valence-corrected chi connectivity index (χ2v) is 3.34. The Balaban J connectivity index is 3.81. The number of unbranched alkanes of at least 4 members (excludes halogenated alkanes) is 1. The molecule has 0 radical (unpaired) electrons. The molecule has 13 heavy (non-hydrogen) atoms. The molecule has 0 heterocycles. The highest BCUT2D eigenvalue weighted by Gasteiger charge is 1.98. The molecule has 1 amide bonds. The zero-order chi connectivity index (χ0) is 10.3. The van der Waals surface area contributed by atoms with Crippen LogP contribution in [0.25, 0.3) is 0 Å². The number of hydrogen-bond acceptors (Lipinski definition) is 2. The summed E-state index contributed by atoms with van der Waals surface area (Å²) in [5.41, 5.74) is 0.937. The maximum atomic E-state index is 11.2. The number of nitrogens with one attached hydrogen (secondary N) is 1. The lowest BCUT2D eigenvalue weighted by atomic mass is 10.3. The van der Waals surface area contributed by atoms with Crippen LogP contribution in [-0.2, 0) is 4.79 Å². The van der Waals surface area contributed by atoms with Crippen LogP contribution < -0.4 is 5.32 Å². The lowest BCUT2D eigenvalue weighted by Gasteiger charge is -2.09. The van der Waals surface area contributed by atoms with Crippen molar-refractivity contribution in [2.24, 2.45) is 0 Å². The minimum absolute atomic E-state index is 0.0292. The molecule has 0 aromatic rings. The van der Waals surface area contributed by atoms with Gasteiger partial charge in [-0.15, -0.1) is 0 Å². The summed E-state index contributed by atoms with van der Waals surface area (Å²) in [5, 5.41) is 3.18. The fraction of sp³-hybridized carbons (Fsp3) is 0.700.